The molecule has 1 aromatic rings. The molecule has 0 amide bonds. The molecule has 0 aliphatic rings. The maximum absolute atomic E-state index is 8.30. The van der Waals surface area contributed by atoms with Crippen molar-refractivity contribution < 1.29 is 0 Å². The van der Waals surface area contributed by atoms with Crippen LogP contribution < -0.4 is 0 Å². The molecule has 0 N–H and O–H groups in total. The van der Waals surface area contributed by atoms with Gasteiger partial charge in [0, 0.05) is 11.5 Å². The van der Waals surface area contributed by atoms with Gasteiger partial charge in [-0.1, -0.05) is 37.8 Å². The second kappa shape index (κ2) is 6.68. The lowest BCUT2D eigenvalue weighted by molar-refractivity contribution is 0.717. The Morgan fingerprint density at radius 1 is 1.13 bits per heavy atom. The van der Waals surface area contributed by atoms with E-state index in [1.807, 2.05) is 18.2 Å². The molecule has 0 atom stereocenters. The highest BCUT2D eigenvalue weighted by Gasteiger charge is 1.92. The van der Waals surface area contributed by atoms with Crippen LogP contribution in [-0.2, 0) is 6.42 Å². The van der Waals surface area contributed by atoms with E-state index in [1.54, 1.807) is 0 Å². The normalized spacial score (nSPS) is 8.80. The molecular formula is C14H15N. The molecule has 0 aromatic heterocycles. The minimum Gasteiger partial charge on any atom is -0.183 e. The van der Waals surface area contributed by atoms with Crippen molar-refractivity contribution in [1.29, 1.82) is 5.26 Å². The van der Waals surface area contributed by atoms with Crippen LogP contribution in [0.5, 0.6) is 0 Å². The van der Waals surface area contributed by atoms with Crippen LogP contribution in [0.1, 0.15) is 37.3 Å². The van der Waals surface area contributed by atoms with Crippen LogP contribution in [0.15, 0.2) is 24.3 Å². The third-order valence-electron chi connectivity index (χ3n) is 2.29. The summed E-state index contributed by atoms with van der Waals surface area (Å²) >= 11 is 0. The predicted octanol–water partition coefficient (Wildman–Crippen LogP) is 3.29. The predicted molar refractivity (Wildman–Crippen MR) is 62.2 cm³/mol. The highest BCUT2D eigenvalue weighted by molar-refractivity contribution is 5.39. The SMILES string of the molecule is CCCCCc1ccc(C#CC#N)cc1. The highest BCUT2D eigenvalue weighted by Crippen LogP contribution is 2.08. The number of hydrogen-bond acceptors (Lipinski definition) is 1. The molecule has 0 bridgehead atoms. The molecule has 0 aliphatic carbocycles. The van der Waals surface area contributed by atoms with Crippen LogP contribution in [0.2, 0.25) is 0 Å². The third-order valence-corrected chi connectivity index (χ3v) is 2.29. The molecule has 1 nitrogen and oxygen atoms in total. The molecule has 1 heteroatoms. The topological polar surface area (TPSA) is 23.8 Å². The molecule has 0 unspecified atom stereocenters. The summed E-state index contributed by atoms with van der Waals surface area (Å²) in [5.74, 6) is 5.17. The largest absolute Gasteiger partial charge is 0.183 e. The maximum Gasteiger partial charge on any atom is 0.152 e. The molecule has 76 valence electrons. The Morgan fingerprint density at radius 2 is 1.87 bits per heavy atom. The summed E-state index contributed by atoms with van der Waals surface area (Å²) in [6.45, 7) is 2.21. The average molecular weight is 197 g/mol. The van der Waals surface area contributed by atoms with Gasteiger partial charge in [-0.15, -0.1) is 0 Å². The van der Waals surface area contributed by atoms with Crippen LogP contribution in [-0.4, -0.2) is 0 Å². The quantitative estimate of drug-likeness (QED) is 0.536. The summed E-state index contributed by atoms with van der Waals surface area (Å²) in [6.07, 6.45) is 4.93. The summed E-state index contributed by atoms with van der Waals surface area (Å²) in [5, 5.41) is 8.30. The summed E-state index contributed by atoms with van der Waals surface area (Å²) in [4.78, 5) is 0. The standard InChI is InChI=1S/C14H15N/c1-2-3-4-6-13-8-10-14(11-9-13)7-5-12-15/h8-11H,2-4,6H2,1H3. The van der Waals surface area contributed by atoms with Crippen molar-refractivity contribution in [3.63, 3.8) is 0 Å². The fourth-order valence-corrected chi connectivity index (χ4v) is 1.43. The Hall–Kier alpha value is -1.73. The Kier molecular flexibility index (Phi) is 5.06. The number of rotatable bonds is 4. The van der Waals surface area contributed by atoms with Gasteiger partial charge in [-0.05, 0) is 30.5 Å². The summed E-state index contributed by atoms with van der Waals surface area (Å²) in [7, 11) is 0. The zero-order valence-electron chi connectivity index (χ0n) is 9.09. The van der Waals surface area contributed by atoms with Crippen molar-refractivity contribution in [1.82, 2.24) is 0 Å². The van der Waals surface area contributed by atoms with Gasteiger partial charge < -0.3 is 0 Å². The Labute approximate surface area is 91.7 Å². The molecular weight excluding hydrogens is 182 g/mol. The Morgan fingerprint density at radius 3 is 2.47 bits per heavy atom. The van der Waals surface area contributed by atoms with E-state index in [-0.39, 0.29) is 0 Å². The van der Waals surface area contributed by atoms with Gasteiger partial charge in [0.2, 0.25) is 0 Å². The first-order valence-electron chi connectivity index (χ1n) is 5.36. The van der Waals surface area contributed by atoms with E-state index < -0.39 is 0 Å². The Bertz CT molecular complexity index is 384. The Balaban J connectivity index is 2.53. The smallest absolute Gasteiger partial charge is 0.152 e. The molecule has 0 aliphatic heterocycles. The monoisotopic (exact) mass is 197 g/mol. The maximum atomic E-state index is 8.30. The van der Waals surface area contributed by atoms with Crippen molar-refractivity contribution >= 4 is 0 Å². The molecule has 1 aromatic carbocycles. The second-order valence-corrected chi connectivity index (χ2v) is 3.52. The van der Waals surface area contributed by atoms with Crippen molar-refractivity contribution in [2.75, 3.05) is 0 Å². The number of nitrogens with zero attached hydrogens (tertiary/aromatic N) is 1. The van der Waals surface area contributed by atoms with Gasteiger partial charge in [0.05, 0.1) is 0 Å². The van der Waals surface area contributed by atoms with E-state index in [0.717, 1.165) is 12.0 Å². The summed E-state index contributed by atoms with van der Waals surface area (Å²) < 4.78 is 0. The zero-order valence-corrected chi connectivity index (χ0v) is 9.09. The lowest BCUT2D eigenvalue weighted by atomic mass is 10.1. The van der Waals surface area contributed by atoms with Gasteiger partial charge in [0.15, 0.2) is 6.07 Å². The van der Waals surface area contributed by atoms with E-state index in [1.165, 1.54) is 24.8 Å². The minimum absolute atomic E-state index is 0.913. The minimum atomic E-state index is 0.913. The number of aryl methyl sites for hydroxylation is 1. The van der Waals surface area contributed by atoms with Crippen molar-refractivity contribution in [3.8, 4) is 17.9 Å². The fraction of sp³-hybridized carbons (Fsp3) is 0.357. The van der Waals surface area contributed by atoms with Crippen molar-refractivity contribution in [3.05, 3.63) is 35.4 Å². The first-order chi connectivity index (χ1) is 7.36. The van der Waals surface area contributed by atoms with E-state index in [9.17, 15) is 0 Å². The fourth-order valence-electron chi connectivity index (χ4n) is 1.43. The van der Waals surface area contributed by atoms with Crippen LogP contribution in [0.25, 0.3) is 0 Å². The molecule has 0 radical (unpaired) electrons. The van der Waals surface area contributed by atoms with E-state index >= 15 is 0 Å². The van der Waals surface area contributed by atoms with Crippen LogP contribution in [0, 0.1) is 23.2 Å². The third kappa shape index (κ3) is 4.34. The molecule has 0 heterocycles. The van der Waals surface area contributed by atoms with Gasteiger partial charge in [-0.2, -0.15) is 5.26 Å². The van der Waals surface area contributed by atoms with E-state index in [2.05, 4.69) is 30.9 Å². The van der Waals surface area contributed by atoms with Gasteiger partial charge in [0.1, 0.15) is 0 Å². The average Bonchev–Trinajstić information content (AvgIpc) is 2.28. The van der Waals surface area contributed by atoms with Crippen LogP contribution in [0.4, 0.5) is 0 Å². The second-order valence-electron chi connectivity index (χ2n) is 3.52. The number of nitriles is 1. The van der Waals surface area contributed by atoms with Crippen molar-refractivity contribution in [2.45, 2.75) is 32.6 Å². The summed E-state index contributed by atoms with van der Waals surface area (Å²) in [6, 6.07) is 9.96. The molecule has 0 saturated heterocycles. The number of hydrogen-bond donors (Lipinski definition) is 0. The van der Waals surface area contributed by atoms with Gasteiger partial charge in [0.25, 0.3) is 0 Å². The van der Waals surface area contributed by atoms with Gasteiger partial charge >= 0.3 is 0 Å². The first kappa shape index (κ1) is 11.3. The molecule has 15 heavy (non-hydrogen) atoms. The first-order valence-corrected chi connectivity index (χ1v) is 5.36. The van der Waals surface area contributed by atoms with Gasteiger partial charge in [-0.3, -0.25) is 0 Å². The molecule has 1 rings (SSSR count). The number of unbranched alkanes of at least 4 members (excludes halogenated alkanes) is 2. The van der Waals surface area contributed by atoms with Crippen LogP contribution in [0.3, 0.4) is 0 Å². The number of benzene rings is 1. The van der Waals surface area contributed by atoms with E-state index in [0.29, 0.717) is 0 Å². The van der Waals surface area contributed by atoms with Crippen molar-refractivity contribution in [2.24, 2.45) is 0 Å². The van der Waals surface area contributed by atoms with E-state index in [4.69, 9.17) is 5.26 Å². The summed E-state index contributed by atoms with van der Waals surface area (Å²) in [5.41, 5.74) is 2.27. The molecule has 0 saturated carbocycles. The molecule has 0 spiro atoms. The zero-order chi connectivity index (χ0) is 10.9. The lowest BCUT2D eigenvalue weighted by Crippen LogP contribution is -1.85. The lowest BCUT2D eigenvalue weighted by Gasteiger charge is -2.00. The van der Waals surface area contributed by atoms with Gasteiger partial charge in [-0.25, -0.2) is 0 Å². The highest BCUT2D eigenvalue weighted by atomic mass is 14.2. The van der Waals surface area contributed by atoms with Crippen LogP contribution >= 0.6 is 0 Å². The molecule has 0 fully saturated rings.